The monoisotopic (exact) mass is 184 g/mol. The van der Waals surface area contributed by atoms with Gasteiger partial charge in [0.15, 0.2) is 0 Å². The van der Waals surface area contributed by atoms with E-state index in [0.29, 0.717) is 0 Å². The molecule has 0 nitrogen and oxygen atoms in total. The molecule has 0 aliphatic carbocycles. The van der Waals surface area contributed by atoms with Crippen molar-refractivity contribution in [2.75, 3.05) is 0 Å². The summed E-state index contributed by atoms with van der Waals surface area (Å²) in [5, 5.41) is 0. The van der Waals surface area contributed by atoms with E-state index in [1.54, 1.807) is 18.2 Å². The van der Waals surface area contributed by atoms with E-state index in [4.69, 9.17) is 0 Å². The first kappa shape index (κ1) is 12.2. The van der Waals surface area contributed by atoms with Crippen LogP contribution in [-0.2, 0) is 0 Å². The van der Waals surface area contributed by atoms with E-state index in [1.807, 2.05) is 30.4 Å². The van der Waals surface area contributed by atoms with Gasteiger partial charge in [-0.05, 0) is 11.1 Å². The lowest BCUT2D eigenvalue weighted by Gasteiger charge is -1.98. The molecule has 0 radical (unpaired) electrons. The molecule has 0 saturated heterocycles. The van der Waals surface area contributed by atoms with Crippen molar-refractivity contribution in [2.24, 2.45) is 0 Å². The Kier molecular flexibility index (Phi) is 6.79. The van der Waals surface area contributed by atoms with Crippen LogP contribution in [-0.4, -0.2) is 0 Å². The van der Waals surface area contributed by atoms with Crippen molar-refractivity contribution in [3.8, 4) is 0 Å². The summed E-state index contributed by atoms with van der Waals surface area (Å²) in [5.74, 6) is 0. The van der Waals surface area contributed by atoms with Crippen LogP contribution in [0.5, 0.6) is 0 Å². The fourth-order valence-electron chi connectivity index (χ4n) is 0.824. The Balaban J connectivity index is 4.62. The standard InChI is InChI=1S/C14H16/c1-5-8-10-12-14(7-3)13(4)11-9-6-2/h5-12H,1-4H2/b10-8-,11-9-,14-12-. The van der Waals surface area contributed by atoms with E-state index in [2.05, 4.69) is 26.3 Å². The van der Waals surface area contributed by atoms with Crippen molar-refractivity contribution in [3.05, 3.63) is 86.1 Å². The number of hydrogen-bond donors (Lipinski definition) is 0. The Bertz CT molecular complexity index is 309. The highest BCUT2D eigenvalue weighted by Gasteiger charge is 1.90. The molecule has 0 aliphatic heterocycles. The molecule has 0 heterocycles. The first-order chi connectivity index (χ1) is 6.76. The topological polar surface area (TPSA) is 0 Å². The summed E-state index contributed by atoms with van der Waals surface area (Å²) < 4.78 is 0. The van der Waals surface area contributed by atoms with Gasteiger partial charge in [0.25, 0.3) is 0 Å². The SMILES string of the molecule is C=C/C=C\C=C(\C=C)C(=C)/C=C\C=C. The molecule has 0 unspecified atom stereocenters. The van der Waals surface area contributed by atoms with Crippen molar-refractivity contribution < 1.29 is 0 Å². The van der Waals surface area contributed by atoms with Gasteiger partial charge in [0.1, 0.15) is 0 Å². The van der Waals surface area contributed by atoms with Gasteiger partial charge < -0.3 is 0 Å². The second kappa shape index (κ2) is 7.81. The van der Waals surface area contributed by atoms with Crippen molar-refractivity contribution in [1.82, 2.24) is 0 Å². The Hall–Kier alpha value is -1.82. The third-order valence-corrected chi connectivity index (χ3v) is 1.55. The van der Waals surface area contributed by atoms with Crippen LogP contribution in [0.15, 0.2) is 86.1 Å². The lowest BCUT2D eigenvalue weighted by molar-refractivity contribution is 1.58. The third kappa shape index (κ3) is 4.94. The molecule has 14 heavy (non-hydrogen) atoms. The summed E-state index contributed by atoms with van der Waals surface area (Å²) in [5.41, 5.74) is 1.90. The summed E-state index contributed by atoms with van der Waals surface area (Å²) in [6.07, 6.45) is 14.6. The smallest absolute Gasteiger partial charge is 0.0196 e. The number of allylic oxidation sites excluding steroid dienone is 10. The van der Waals surface area contributed by atoms with Crippen molar-refractivity contribution in [1.29, 1.82) is 0 Å². The molecule has 0 N–H and O–H groups in total. The van der Waals surface area contributed by atoms with Crippen LogP contribution in [0.4, 0.5) is 0 Å². The van der Waals surface area contributed by atoms with Crippen molar-refractivity contribution >= 4 is 0 Å². The highest BCUT2D eigenvalue weighted by Crippen LogP contribution is 2.10. The fraction of sp³-hybridized carbons (Fsp3) is 0. The van der Waals surface area contributed by atoms with E-state index in [1.165, 1.54) is 0 Å². The molecule has 0 rings (SSSR count). The Morgan fingerprint density at radius 2 is 1.50 bits per heavy atom. The van der Waals surface area contributed by atoms with Crippen LogP contribution in [0.1, 0.15) is 0 Å². The predicted molar refractivity (Wildman–Crippen MR) is 66.1 cm³/mol. The van der Waals surface area contributed by atoms with Crippen LogP contribution in [0.3, 0.4) is 0 Å². The summed E-state index contributed by atoms with van der Waals surface area (Å²) in [6, 6.07) is 0. The molecule has 0 heteroatoms. The zero-order valence-corrected chi connectivity index (χ0v) is 8.45. The van der Waals surface area contributed by atoms with Crippen molar-refractivity contribution in [3.63, 3.8) is 0 Å². The lowest BCUT2D eigenvalue weighted by Crippen LogP contribution is -1.78. The average molecular weight is 184 g/mol. The van der Waals surface area contributed by atoms with Gasteiger partial charge in [0, 0.05) is 0 Å². The van der Waals surface area contributed by atoms with E-state index >= 15 is 0 Å². The first-order valence-corrected chi connectivity index (χ1v) is 4.36. The maximum atomic E-state index is 3.91. The van der Waals surface area contributed by atoms with Crippen LogP contribution >= 0.6 is 0 Å². The molecule has 0 aromatic rings. The second-order valence-electron chi connectivity index (χ2n) is 2.57. The Morgan fingerprint density at radius 3 is 2.00 bits per heavy atom. The molecular formula is C14H16. The molecule has 0 spiro atoms. The van der Waals surface area contributed by atoms with Gasteiger partial charge in [0.2, 0.25) is 0 Å². The molecule has 0 saturated carbocycles. The van der Waals surface area contributed by atoms with Crippen molar-refractivity contribution in [2.45, 2.75) is 0 Å². The van der Waals surface area contributed by atoms with Crippen LogP contribution in [0, 0.1) is 0 Å². The Labute approximate surface area is 86.7 Å². The molecular weight excluding hydrogens is 168 g/mol. The maximum Gasteiger partial charge on any atom is -0.0196 e. The van der Waals surface area contributed by atoms with Crippen LogP contribution < -0.4 is 0 Å². The average Bonchev–Trinajstić information content (AvgIpc) is 2.21. The summed E-state index contributed by atoms with van der Waals surface area (Å²) in [4.78, 5) is 0. The molecule has 0 aliphatic rings. The van der Waals surface area contributed by atoms with Gasteiger partial charge in [-0.15, -0.1) is 0 Å². The maximum absolute atomic E-state index is 3.91. The first-order valence-electron chi connectivity index (χ1n) is 4.36. The fourth-order valence-corrected chi connectivity index (χ4v) is 0.824. The van der Waals surface area contributed by atoms with E-state index < -0.39 is 0 Å². The molecule has 0 bridgehead atoms. The van der Waals surface area contributed by atoms with E-state index in [-0.39, 0.29) is 0 Å². The Morgan fingerprint density at radius 1 is 0.857 bits per heavy atom. The summed E-state index contributed by atoms with van der Waals surface area (Å²) in [6.45, 7) is 14.8. The van der Waals surface area contributed by atoms with Crippen LogP contribution in [0.25, 0.3) is 0 Å². The molecule has 0 aromatic heterocycles. The van der Waals surface area contributed by atoms with Crippen LogP contribution in [0.2, 0.25) is 0 Å². The lowest BCUT2D eigenvalue weighted by atomic mass is 10.1. The normalized spacial score (nSPS) is 11.9. The number of hydrogen-bond acceptors (Lipinski definition) is 0. The highest BCUT2D eigenvalue weighted by molar-refractivity contribution is 5.46. The highest BCUT2D eigenvalue weighted by atomic mass is 14.0. The molecule has 0 amide bonds. The largest absolute Gasteiger partial charge is 0.0991 e. The number of rotatable bonds is 6. The van der Waals surface area contributed by atoms with E-state index in [0.717, 1.165) is 11.1 Å². The van der Waals surface area contributed by atoms with Gasteiger partial charge >= 0.3 is 0 Å². The minimum atomic E-state index is 0.911. The molecule has 0 fully saturated rings. The second-order valence-corrected chi connectivity index (χ2v) is 2.57. The quantitative estimate of drug-likeness (QED) is 0.544. The molecule has 0 aromatic carbocycles. The van der Waals surface area contributed by atoms with Gasteiger partial charge in [0.05, 0.1) is 0 Å². The van der Waals surface area contributed by atoms with Gasteiger partial charge in [-0.25, -0.2) is 0 Å². The molecule has 72 valence electrons. The summed E-state index contributed by atoms with van der Waals surface area (Å²) >= 11 is 0. The summed E-state index contributed by atoms with van der Waals surface area (Å²) in [7, 11) is 0. The third-order valence-electron chi connectivity index (χ3n) is 1.55. The van der Waals surface area contributed by atoms with E-state index in [9.17, 15) is 0 Å². The predicted octanol–water partition coefficient (Wildman–Crippen LogP) is 4.14. The van der Waals surface area contributed by atoms with Gasteiger partial charge in [-0.2, -0.15) is 0 Å². The minimum absolute atomic E-state index is 0.911. The minimum Gasteiger partial charge on any atom is -0.0991 e. The van der Waals surface area contributed by atoms with Gasteiger partial charge in [-0.1, -0.05) is 74.9 Å². The molecule has 0 atom stereocenters. The zero-order chi connectivity index (χ0) is 10.8. The zero-order valence-electron chi connectivity index (χ0n) is 8.45. The van der Waals surface area contributed by atoms with Gasteiger partial charge in [-0.3, -0.25) is 0 Å².